The van der Waals surface area contributed by atoms with Gasteiger partial charge in [-0.1, -0.05) is 12.1 Å². The van der Waals surface area contributed by atoms with Crippen LogP contribution >= 0.6 is 0 Å². The van der Waals surface area contributed by atoms with Gasteiger partial charge in [0.05, 0.1) is 6.42 Å². The molecule has 0 bridgehead atoms. The lowest BCUT2D eigenvalue weighted by Crippen LogP contribution is -2.38. The molecule has 0 aromatic heterocycles. The van der Waals surface area contributed by atoms with Crippen molar-refractivity contribution in [1.29, 1.82) is 0 Å². The summed E-state index contributed by atoms with van der Waals surface area (Å²) >= 11 is 0. The Kier molecular flexibility index (Phi) is 5.29. The molecular weight excluding hydrogens is 260 g/mol. The van der Waals surface area contributed by atoms with Crippen LogP contribution < -0.4 is 4.74 Å². The average Bonchev–Trinajstić information content (AvgIpc) is 2.26. The second kappa shape index (κ2) is 6.33. The van der Waals surface area contributed by atoms with Gasteiger partial charge in [0.2, 0.25) is 0 Å². The lowest BCUT2D eigenvalue weighted by atomic mass is 10.1. The van der Waals surface area contributed by atoms with Crippen molar-refractivity contribution in [2.75, 3.05) is 6.26 Å². The molecule has 106 valence electrons. The second-order valence-corrected chi connectivity index (χ2v) is 8.58. The molecule has 2 atom stereocenters. The van der Waals surface area contributed by atoms with E-state index in [1.807, 2.05) is 18.2 Å². The molecule has 0 aliphatic rings. The molecule has 1 N–H and O–H groups in total. The maximum atomic E-state index is 10.7. The third-order valence-electron chi connectivity index (χ3n) is 3.02. The van der Waals surface area contributed by atoms with Gasteiger partial charge >= 0.3 is 5.97 Å². The van der Waals surface area contributed by atoms with E-state index in [9.17, 15) is 4.79 Å². The Morgan fingerprint density at radius 2 is 2.05 bits per heavy atom. The Morgan fingerprint density at radius 3 is 2.58 bits per heavy atom. The lowest BCUT2D eigenvalue weighted by Gasteiger charge is -2.23. The summed E-state index contributed by atoms with van der Waals surface area (Å²) in [5.74, 6) is -0.0787. The Morgan fingerprint density at radius 1 is 1.42 bits per heavy atom. The maximum Gasteiger partial charge on any atom is 0.307 e. The molecule has 1 aromatic carbocycles. The third-order valence-corrected chi connectivity index (χ3v) is 6.04. The summed E-state index contributed by atoms with van der Waals surface area (Å²) in [6, 6.07) is 7.33. The molecule has 1 rings (SSSR count). The van der Waals surface area contributed by atoms with E-state index in [1.165, 1.54) is 0 Å². The van der Waals surface area contributed by atoms with E-state index in [-0.39, 0.29) is 27.5 Å². The van der Waals surface area contributed by atoms with Gasteiger partial charge in [0.15, 0.2) is 0 Å². The van der Waals surface area contributed by atoms with E-state index in [1.54, 1.807) is 6.07 Å². The third kappa shape index (κ3) is 5.15. The molecule has 0 heterocycles. The molecule has 0 saturated heterocycles. The molecule has 1 unspecified atom stereocenters. The fourth-order valence-electron chi connectivity index (χ4n) is 1.67. The highest BCUT2D eigenvalue weighted by Crippen LogP contribution is 2.24. The zero-order valence-corrected chi connectivity index (χ0v) is 13.1. The lowest BCUT2D eigenvalue weighted by molar-refractivity contribution is -0.136. The Labute approximate surface area is 118 Å². The highest BCUT2D eigenvalue weighted by atomic mass is 32.2. The van der Waals surface area contributed by atoms with Gasteiger partial charge in [-0.05, 0) is 38.5 Å². The fourth-order valence-corrected chi connectivity index (χ4v) is 2.92. The monoisotopic (exact) mass is 283 g/mol. The van der Waals surface area contributed by atoms with Crippen molar-refractivity contribution in [1.82, 2.24) is 0 Å². The smallest absolute Gasteiger partial charge is 0.307 e. The van der Waals surface area contributed by atoms with Crippen LogP contribution in [0.15, 0.2) is 24.3 Å². The van der Waals surface area contributed by atoms with Crippen LogP contribution in [0.1, 0.15) is 33.3 Å². The molecule has 0 amide bonds. The highest BCUT2D eigenvalue weighted by Gasteiger charge is 2.36. The van der Waals surface area contributed by atoms with Crippen LogP contribution in [0.5, 0.6) is 5.75 Å². The summed E-state index contributed by atoms with van der Waals surface area (Å²) in [4.78, 5) is 10.7. The number of hydrogen-bond acceptors (Lipinski definition) is 2. The van der Waals surface area contributed by atoms with Crippen LogP contribution in [0.4, 0.5) is 0 Å². The summed E-state index contributed by atoms with van der Waals surface area (Å²) in [5.41, 5.74) is 0.879. The molecular formula is C15H23O3S+. The van der Waals surface area contributed by atoms with Crippen molar-refractivity contribution in [3.8, 4) is 5.75 Å². The van der Waals surface area contributed by atoms with E-state index in [4.69, 9.17) is 9.84 Å². The normalized spacial score (nSPS) is 14.8. The molecule has 0 aliphatic heterocycles. The van der Waals surface area contributed by atoms with E-state index < -0.39 is 5.97 Å². The zero-order valence-electron chi connectivity index (χ0n) is 12.3. The van der Waals surface area contributed by atoms with E-state index in [2.05, 4.69) is 34.0 Å². The SMILES string of the molecule is C[C@@H](Oc1cccc(CC(=O)O)c1)[S+](C)C(C)(C)C. The number of hydrogen-bond donors (Lipinski definition) is 1. The number of carboxylic acid groups (broad SMARTS) is 1. The van der Waals surface area contributed by atoms with Crippen LogP contribution in [-0.4, -0.2) is 27.5 Å². The first kappa shape index (κ1) is 15.9. The molecule has 19 heavy (non-hydrogen) atoms. The van der Waals surface area contributed by atoms with Crippen molar-refractivity contribution in [3.63, 3.8) is 0 Å². The van der Waals surface area contributed by atoms with Crippen LogP contribution in [0, 0.1) is 0 Å². The summed E-state index contributed by atoms with van der Waals surface area (Å²) in [6.45, 7) is 8.68. The van der Waals surface area contributed by atoms with Gasteiger partial charge in [-0.25, -0.2) is 0 Å². The number of rotatable bonds is 5. The Balaban J connectivity index is 2.74. The molecule has 0 aliphatic carbocycles. The van der Waals surface area contributed by atoms with Gasteiger partial charge in [0, 0.05) is 17.8 Å². The number of carboxylic acids is 1. The van der Waals surface area contributed by atoms with Gasteiger partial charge in [0.1, 0.15) is 16.8 Å². The van der Waals surface area contributed by atoms with Crippen molar-refractivity contribution < 1.29 is 14.6 Å². The van der Waals surface area contributed by atoms with Gasteiger partial charge in [-0.2, -0.15) is 0 Å². The predicted molar refractivity (Wildman–Crippen MR) is 80.9 cm³/mol. The van der Waals surface area contributed by atoms with Crippen LogP contribution in [0.2, 0.25) is 0 Å². The molecule has 0 spiro atoms. The highest BCUT2D eigenvalue weighted by molar-refractivity contribution is 7.97. The van der Waals surface area contributed by atoms with E-state index in [0.29, 0.717) is 0 Å². The van der Waals surface area contributed by atoms with E-state index in [0.717, 1.165) is 11.3 Å². The number of aliphatic carboxylic acids is 1. The molecule has 0 fully saturated rings. The summed E-state index contributed by atoms with van der Waals surface area (Å²) in [7, 11) is 0.112. The second-order valence-electron chi connectivity index (χ2n) is 5.57. The first-order valence-corrected chi connectivity index (χ1v) is 8.02. The first-order chi connectivity index (χ1) is 8.70. The zero-order chi connectivity index (χ0) is 14.6. The number of carbonyl (C=O) groups is 1. The molecule has 4 heteroatoms. The molecule has 0 saturated carbocycles. The molecule has 0 radical (unpaired) electrons. The number of benzene rings is 1. The minimum absolute atomic E-state index is 0.0304. The quantitative estimate of drug-likeness (QED) is 0.845. The predicted octanol–water partition coefficient (Wildman–Crippen LogP) is 3.09. The number of ether oxygens (including phenoxy) is 1. The largest absolute Gasteiger partial charge is 0.481 e. The standard InChI is InChI=1S/C15H22O3S/c1-11(19(5)15(2,3)4)18-13-8-6-7-12(9-13)10-14(16)17/h6-9,11H,10H2,1-5H3/p+1/t11-,19?/m0/s1. The van der Waals surface area contributed by atoms with Crippen LogP contribution in [0.25, 0.3) is 0 Å². The molecule has 1 aromatic rings. The first-order valence-electron chi connectivity index (χ1n) is 6.32. The van der Waals surface area contributed by atoms with Crippen molar-refractivity contribution >= 4 is 16.9 Å². The fraction of sp³-hybridized carbons (Fsp3) is 0.533. The van der Waals surface area contributed by atoms with E-state index >= 15 is 0 Å². The van der Waals surface area contributed by atoms with Crippen LogP contribution in [-0.2, 0) is 22.1 Å². The Hall–Kier alpha value is -1.16. The van der Waals surface area contributed by atoms with Crippen LogP contribution in [0.3, 0.4) is 0 Å². The summed E-state index contributed by atoms with van der Waals surface area (Å²) in [5, 5.41) is 8.80. The van der Waals surface area contributed by atoms with Gasteiger partial charge in [-0.15, -0.1) is 0 Å². The van der Waals surface area contributed by atoms with Crippen molar-refractivity contribution in [2.45, 2.75) is 44.3 Å². The van der Waals surface area contributed by atoms with Gasteiger partial charge in [-0.3, -0.25) is 4.79 Å². The minimum atomic E-state index is -0.824. The average molecular weight is 283 g/mol. The molecule has 3 nitrogen and oxygen atoms in total. The van der Waals surface area contributed by atoms with Gasteiger partial charge < -0.3 is 9.84 Å². The topological polar surface area (TPSA) is 46.5 Å². The summed E-state index contributed by atoms with van der Waals surface area (Å²) < 4.78 is 6.15. The maximum absolute atomic E-state index is 10.7. The van der Waals surface area contributed by atoms with Crippen molar-refractivity contribution in [2.24, 2.45) is 0 Å². The van der Waals surface area contributed by atoms with Gasteiger partial charge in [0.25, 0.3) is 5.44 Å². The minimum Gasteiger partial charge on any atom is -0.481 e. The van der Waals surface area contributed by atoms with Crippen molar-refractivity contribution in [3.05, 3.63) is 29.8 Å². The Bertz CT molecular complexity index is 437. The summed E-state index contributed by atoms with van der Waals surface area (Å²) in [6.07, 6.45) is 2.23.